The number of ether oxygens (including phenoxy) is 4. The Labute approximate surface area is 524 Å². The van der Waals surface area contributed by atoms with Crippen molar-refractivity contribution in [2.24, 2.45) is 5.92 Å². The van der Waals surface area contributed by atoms with E-state index in [0.29, 0.717) is 25.7 Å². The average molecular weight is 1270 g/mol. The molecule has 0 aromatic rings. The first kappa shape index (κ1) is 84.1. The highest BCUT2D eigenvalue weighted by atomic mass is 31.2. The van der Waals surface area contributed by atoms with Crippen LogP contribution in [0.1, 0.15) is 343 Å². The molecule has 0 aliphatic carbocycles. The van der Waals surface area contributed by atoms with Crippen LogP contribution in [0.4, 0.5) is 0 Å². The Morgan fingerprint density at radius 3 is 0.826 bits per heavy atom. The smallest absolute Gasteiger partial charge is 0.462 e. The second-order valence-corrected chi connectivity index (χ2v) is 27.4. The molecule has 0 bridgehead atoms. The summed E-state index contributed by atoms with van der Waals surface area (Å²) in [5.74, 6) is -1.28. The molecule has 6 atom stereocenters. The van der Waals surface area contributed by atoms with Gasteiger partial charge in [0.05, 0.1) is 26.4 Å². The molecule has 0 aliphatic rings. The number of rotatable bonds is 67. The molecule has 0 aromatic heterocycles. The van der Waals surface area contributed by atoms with Crippen LogP contribution < -0.4 is 0 Å². The number of carbonyl (C=O) groups excluding carboxylic acids is 4. The zero-order chi connectivity index (χ0) is 63.5. The summed E-state index contributed by atoms with van der Waals surface area (Å²) >= 11 is 0. The summed E-state index contributed by atoms with van der Waals surface area (Å²) in [5.41, 5.74) is 0. The van der Waals surface area contributed by atoms with Crippen molar-refractivity contribution in [1.29, 1.82) is 0 Å². The van der Waals surface area contributed by atoms with E-state index in [4.69, 9.17) is 37.0 Å². The lowest BCUT2D eigenvalue weighted by atomic mass is 9.99. The van der Waals surface area contributed by atoms with Gasteiger partial charge in [0.1, 0.15) is 19.3 Å². The van der Waals surface area contributed by atoms with Crippen LogP contribution in [-0.4, -0.2) is 96.7 Å². The van der Waals surface area contributed by atoms with Crippen molar-refractivity contribution in [2.45, 2.75) is 361 Å². The Kier molecular flexibility index (Phi) is 59.2. The van der Waals surface area contributed by atoms with Gasteiger partial charge in [-0.15, -0.1) is 0 Å². The third-order valence-electron chi connectivity index (χ3n) is 15.9. The van der Waals surface area contributed by atoms with Crippen LogP contribution in [0.5, 0.6) is 0 Å². The van der Waals surface area contributed by atoms with Gasteiger partial charge in [0.2, 0.25) is 0 Å². The number of phosphoric acid groups is 2. The van der Waals surface area contributed by atoms with Crippen LogP contribution >= 0.6 is 15.6 Å². The van der Waals surface area contributed by atoms with E-state index in [2.05, 4.69) is 34.6 Å². The number of aliphatic hydroxyl groups is 1. The molecule has 86 heavy (non-hydrogen) atoms. The van der Waals surface area contributed by atoms with E-state index in [1.54, 1.807) is 0 Å². The molecular formula is C67H130O17P2. The normalized spacial score (nSPS) is 14.5. The van der Waals surface area contributed by atoms with Crippen molar-refractivity contribution < 1.29 is 80.2 Å². The maximum absolute atomic E-state index is 13.0. The summed E-state index contributed by atoms with van der Waals surface area (Å²) < 4.78 is 68.0. The van der Waals surface area contributed by atoms with E-state index in [9.17, 15) is 43.2 Å². The third kappa shape index (κ3) is 59.7. The number of unbranched alkanes of at least 4 members (excludes halogenated alkanes) is 38. The predicted octanol–water partition coefficient (Wildman–Crippen LogP) is 19.0. The quantitative estimate of drug-likeness (QED) is 0.0222. The standard InChI is InChI=1S/C67H130O17P2/c1-6-10-13-16-19-22-27-32-36-41-46-51-65(70)78-57-63(84-67(72)53-48-43-38-33-29-26-24-23-25-28-31-34-39-44-49-60(5)9-4)59-82-86(75,76)80-55-61(68)54-79-85(73,74)81-58-62(56-77-64(69)50-45-40-35-21-18-15-12-8-3)83-66(71)52-47-42-37-30-20-17-14-11-7-2/h60-63,68H,6-59H2,1-5H3,(H,73,74)(H,75,76)/t60?,61-,62+,63+/m0/s1. The topological polar surface area (TPSA) is 237 Å². The molecular weight excluding hydrogens is 1140 g/mol. The minimum absolute atomic E-state index is 0.106. The van der Waals surface area contributed by atoms with Gasteiger partial charge >= 0.3 is 39.5 Å². The fourth-order valence-electron chi connectivity index (χ4n) is 10.1. The molecule has 0 aliphatic heterocycles. The zero-order valence-corrected chi connectivity index (χ0v) is 57.2. The van der Waals surface area contributed by atoms with Gasteiger partial charge in [-0.3, -0.25) is 37.3 Å². The van der Waals surface area contributed by atoms with Gasteiger partial charge in [-0.1, -0.05) is 291 Å². The molecule has 0 aromatic carbocycles. The van der Waals surface area contributed by atoms with Gasteiger partial charge in [0, 0.05) is 25.7 Å². The summed E-state index contributed by atoms with van der Waals surface area (Å²) in [6.45, 7) is 7.23. The monoisotopic (exact) mass is 1270 g/mol. The summed E-state index contributed by atoms with van der Waals surface area (Å²) in [7, 11) is -9.89. The Balaban J connectivity index is 5.18. The van der Waals surface area contributed by atoms with E-state index in [1.165, 1.54) is 161 Å². The van der Waals surface area contributed by atoms with Crippen LogP contribution in [0.25, 0.3) is 0 Å². The lowest BCUT2D eigenvalue weighted by Gasteiger charge is -2.21. The molecule has 0 saturated heterocycles. The van der Waals surface area contributed by atoms with Crippen LogP contribution in [-0.2, 0) is 65.4 Å². The molecule has 0 rings (SSSR count). The average Bonchev–Trinajstić information content (AvgIpc) is 3.57. The molecule has 3 N–H and O–H groups in total. The van der Waals surface area contributed by atoms with E-state index < -0.39 is 97.5 Å². The highest BCUT2D eigenvalue weighted by molar-refractivity contribution is 7.47. The maximum Gasteiger partial charge on any atom is 0.472 e. The molecule has 0 spiro atoms. The van der Waals surface area contributed by atoms with Crippen molar-refractivity contribution >= 4 is 39.5 Å². The molecule has 0 radical (unpaired) electrons. The maximum atomic E-state index is 13.0. The number of phosphoric ester groups is 2. The largest absolute Gasteiger partial charge is 0.472 e. The lowest BCUT2D eigenvalue weighted by molar-refractivity contribution is -0.161. The highest BCUT2D eigenvalue weighted by Crippen LogP contribution is 2.45. The number of esters is 4. The summed E-state index contributed by atoms with van der Waals surface area (Å²) in [5, 5.41) is 10.5. The van der Waals surface area contributed by atoms with Crippen molar-refractivity contribution in [3.8, 4) is 0 Å². The van der Waals surface area contributed by atoms with E-state index in [0.717, 1.165) is 102 Å². The van der Waals surface area contributed by atoms with Gasteiger partial charge < -0.3 is 33.8 Å². The zero-order valence-electron chi connectivity index (χ0n) is 55.4. The minimum Gasteiger partial charge on any atom is -0.462 e. The Bertz CT molecular complexity index is 1670. The molecule has 510 valence electrons. The number of hydrogen-bond acceptors (Lipinski definition) is 15. The molecule has 19 heteroatoms. The van der Waals surface area contributed by atoms with E-state index in [-0.39, 0.29) is 25.7 Å². The second-order valence-electron chi connectivity index (χ2n) is 24.5. The molecule has 3 unspecified atom stereocenters. The first-order valence-corrected chi connectivity index (χ1v) is 38.2. The summed E-state index contributed by atoms with van der Waals surface area (Å²) in [4.78, 5) is 72.2. The number of carbonyl (C=O) groups is 4. The van der Waals surface area contributed by atoms with Gasteiger partial charge in [0.25, 0.3) is 0 Å². The predicted molar refractivity (Wildman–Crippen MR) is 345 cm³/mol. The van der Waals surface area contributed by atoms with Gasteiger partial charge in [-0.25, -0.2) is 9.13 Å². The first-order valence-electron chi connectivity index (χ1n) is 35.2. The van der Waals surface area contributed by atoms with Gasteiger partial charge in [-0.2, -0.15) is 0 Å². The number of aliphatic hydroxyl groups excluding tert-OH is 1. The third-order valence-corrected chi connectivity index (χ3v) is 17.8. The van der Waals surface area contributed by atoms with E-state index >= 15 is 0 Å². The highest BCUT2D eigenvalue weighted by Gasteiger charge is 2.30. The van der Waals surface area contributed by atoms with Crippen LogP contribution in [0, 0.1) is 5.92 Å². The second kappa shape index (κ2) is 60.6. The summed E-state index contributed by atoms with van der Waals surface area (Å²) in [6, 6.07) is 0. The molecule has 0 amide bonds. The molecule has 0 saturated carbocycles. The Morgan fingerprint density at radius 1 is 0.326 bits per heavy atom. The van der Waals surface area contributed by atoms with Crippen molar-refractivity contribution in [1.82, 2.24) is 0 Å². The Hall–Kier alpha value is -1.94. The number of hydrogen-bond donors (Lipinski definition) is 3. The van der Waals surface area contributed by atoms with Crippen LogP contribution in [0.3, 0.4) is 0 Å². The fraction of sp³-hybridized carbons (Fsp3) is 0.940. The van der Waals surface area contributed by atoms with Crippen molar-refractivity contribution in [3.05, 3.63) is 0 Å². The van der Waals surface area contributed by atoms with Crippen molar-refractivity contribution in [3.63, 3.8) is 0 Å². The van der Waals surface area contributed by atoms with Crippen molar-refractivity contribution in [2.75, 3.05) is 39.6 Å². The van der Waals surface area contributed by atoms with E-state index in [1.807, 2.05) is 0 Å². The Morgan fingerprint density at radius 2 is 0.558 bits per heavy atom. The van der Waals surface area contributed by atoms with Crippen LogP contribution in [0.2, 0.25) is 0 Å². The fourth-order valence-corrected chi connectivity index (χ4v) is 11.7. The lowest BCUT2D eigenvalue weighted by Crippen LogP contribution is -2.30. The minimum atomic E-state index is -4.95. The van der Waals surface area contributed by atoms with Gasteiger partial charge in [-0.05, 0) is 31.6 Å². The summed E-state index contributed by atoms with van der Waals surface area (Å²) in [6.07, 6.45) is 45.8. The van der Waals surface area contributed by atoms with Crippen LogP contribution in [0.15, 0.2) is 0 Å². The van der Waals surface area contributed by atoms with Gasteiger partial charge in [0.15, 0.2) is 12.2 Å². The first-order chi connectivity index (χ1) is 41.6. The SMILES string of the molecule is CCCCCCCCCCCCCC(=O)OC[C@H](COP(=O)(O)OC[C@@H](O)COP(=O)(O)OC[C@@H](COC(=O)CCCCCCCCCC)OC(=O)CCCCCCCCCCC)OC(=O)CCCCCCCCCCCCCCCCC(C)CC. The molecule has 0 heterocycles. The molecule has 0 fully saturated rings. The molecule has 17 nitrogen and oxygen atoms in total.